The second-order valence-corrected chi connectivity index (χ2v) is 3.62. The van der Waals surface area contributed by atoms with Crippen molar-refractivity contribution in [2.45, 2.75) is 12.0 Å². The maximum absolute atomic E-state index is 6.00. The van der Waals surface area contributed by atoms with Gasteiger partial charge in [-0.05, 0) is 12.3 Å². The molecule has 1 aliphatic heterocycles. The molecule has 0 aromatic heterocycles. The van der Waals surface area contributed by atoms with Crippen LogP contribution in [-0.2, 0) is 0 Å². The molecule has 0 bridgehead atoms. The van der Waals surface area contributed by atoms with Gasteiger partial charge < -0.3 is 5.73 Å². The molecule has 0 spiro atoms. The first-order valence-electron chi connectivity index (χ1n) is 3.87. The van der Waals surface area contributed by atoms with Crippen molar-refractivity contribution >= 4 is 0 Å². The number of nitrogens with two attached hydrogens (primary N) is 1. The van der Waals surface area contributed by atoms with E-state index in [1.54, 1.807) is 0 Å². The smallest absolute Gasteiger partial charge is 0.0328 e. The second-order valence-electron chi connectivity index (χ2n) is 3.62. The minimum atomic E-state index is 0.211. The van der Waals surface area contributed by atoms with Crippen molar-refractivity contribution in [2.75, 3.05) is 19.6 Å². The normalized spacial score (nSPS) is 45.1. The fraction of sp³-hybridized carbons (Fsp3) is 0.750. The first kappa shape index (κ1) is 6.38. The number of likely N-dealkylation sites (tertiary alicyclic amines) is 1. The Balaban J connectivity index is 1.91. The van der Waals surface area contributed by atoms with E-state index in [4.69, 9.17) is 5.73 Å². The zero-order valence-electron chi connectivity index (χ0n) is 6.21. The lowest BCUT2D eigenvalue weighted by Gasteiger charge is -2.15. The molecule has 2 rings (SSSR count). The Labute approximate surface area is 61.7 Å². The lowest BCUT2D eigenvalue weighted by Crippen LogP contribution is -2.33. The molecule has 0 amide bonds. The van der Waals surface area contributed by atoms with Crippen LogP contribution in [0.3, 0.4) is 0 Å². The van der Waals surface area contributed by atoms with Crippen LogP contribution in [0.15, 0.2) is 12.7 Å². The van der Waals surface area contributed by atoms with E-state index in [0.29, 0.717) is 0 Å². The lowest BCUT2D eigenvalue weighted by atomic mass is 10.3. The van der Waals surface area contributed by atoms with Crippen LogP contribution < -0.4 is 5.73 Å². The molecule has 0 aromatic carbocycles. The minimum absolute atomic E-state index is 0.211. The van der Waals surface area contributed by atoms with E-state index >= 15 is 0 Å². The molecule has 2 aliphatic rings. The van der Waals surface area contributed by atoms with E-state index in [2.05, 4.69) is 11.5 Å². The molecule has 1 saturated carbocycles. The molecule has 1 aliphatic carbocycles. The average molecular weight is 138 g/mol. The van der Waals surface area contributed by atoms with Crippen LogP contribution in [0, 0.1) is 5.92 Å². The molecule has 2 nitrogen and oxygen atoms in total. The Morgan fingerprint density at radius 1 is 1.80 bits per heavy atom. The van der Waals surface area contributed by atoms with Gasteiger partial charge in [0.1, 0.15) is 0 Å². The van der Waals surface area contributed by atoms with E-state index in [1.165, 1.54) is 13.0 Å². The molecule has 0 radical (unpaired) electrons. The number of hydrogen-bond acceptors (Lipinski definition) is 2. The molecule has 1 saturated heterocycles. The van der Waals surface area contributed by atoms with Crippen molar-refractivity contribution in [3.63, 3.8) is 0 Å². The fourth-order valence-corrected chi connectivity index (χ4v) is 1.95. The van der Waals surface area contributed by atoms with E-state index in [0.717, 1.165) is 19.0 Å². The maximum Gasteiger partial charge on any atom is 0.0328 e. The minimum Gasteiger partial charge on any atom is -0.324 e. The molecule has 2 heteroatoms. The van der Waals surface area contributed by atoms with Gasteiger partial charge in [0.15, 0.2) is 0 Å². The number of fused-ring (bicyclic) bond motifs is 1. The Kier molecular flexibility index (Phi) is 1.17. The van der Waals surface area contributed by atoms with Crippen LogP contribution in [0.25, 0.3) is 0 Å². The van der Waals surface area contributed by atoms with Gasteiger partial charge in [-0.15, -0.1) is 6.58 Å². The Morgan fingerprint density at radius 3 is 3.10 bits per heavy atom. The van der Waals surface area contributed by atoms with Gasteiger partial charge in [-0.1, -0.05) is 6.08 Å². The SMILES string of the molecule is C=CCN1CC2CC2(N)C1. The summed E-state index contributed by atoms with van der Waals surface area (Å²) in [7, 11) is 0. The van der Waals surface area contributed by atoms with E-state index in [1.807, 2.05) is 6.08 Å². The van der Waals surface area contributed by atoms with Crippen LogP contribution in [-0.4, -0.2) is 30.1 Å². The van der Waals surface area contributed by atoms with Crippen molar-refractivity contribution in [2.24, 2.45) is 11.7 Å². The van der Waals surface area contributed by atoms with Crippen LogP contribution in [0.4, 0.5) is 0 Å². The van der Waals surface area contributed by atoms with Crippen LogP contribution in [0.2, 0.25) is 0 Å². The summed E-state index contributed by atoms with van der Waals surface area (Å²) in [6, 6.07) is 0. The predicted octanol–water partition coefficient (Wildman–Crippen LogP) is 0.205. The second kappa shape index (κ2) is 1.83. The number of piperidine rings is 1. The molecule has 0 aromatic rings. The topological polar surface area (TPSA) is 29.3 Å². The molecular formula is C8H14N2. The first-order valence-corrected chi connectivity index (χ1v) is 3.87. The molecule has 2 unspecified atom stereocenters. The predicted molar refractivity (Wildman–Crippen MR) is 41.7 cm³/mol. The third-order valence-electron chi connectivity index (χ3n) is 2.66. The molecular weight excluding hydrogens is 124 g/mol. The summed E-state index contributed by atoms with van der Waals surface area (Å²) in [4.78, 5) is 2.38. The lowest BCUT2D eigenvalue weighted by molar-refractivity contribution is 0.330. The van der Waals surface area contributed by atoms with Gasteiger partial charge in [-0.2, -0.15) is 0 Å². The first-order chi connectivity index (χ1) is 4.74. The summed E-state index contributed by atoms with van der Waals surface area (Å²) in [5.74, 6) is 0.799. The van der Waals surface area contributed by atoms with Gasteiger partial charge in [-0.3, -0.25) is 4.90 Å². The number of nitrogens with zero attached hydrogens (tertiary/aromatic N) is 1. The largest absolute Gasteiger partial charge is 0.324 e. The van der Waals surface area contributed by atoms with Crippen molar-refractivity contribution in [3.05, 3.63) is 12.7 Å². The van der Waals surface area contributed by atoms with Gasteiger partial charge >= 0.3 is 0 Å². The standard InChI is InChI=1S/C8H14N2/c1-2-3-10-5-7-4-8(7,9)6-10/h2,7H,1,3-6,9H2. The van der Waals surface area contributed by atoms with Gasteiger partial charge in [0.25, 0.3) is 0 Å². The third kappa shape index (κ3) is 0.796. The molecule has 2 fully saturated rings. The van der Waals surface area contributed by atoms with Gasteiger partial charge in [0.2, 0.25) is 0 Å². The summed E-state index contributed by atoms with van der Waals surface area (Å²) < 4.78 is 0. The van der Waals surface area contributed by atoms with E-state index in [9.17, 15) is 0 Å². The van der Waals surface area contributed by atoms with Crippen molar-refractivity contribution in [1.82, 2.24) is 4.90 Å². The van der Waals surface area contributed by atoms with Crippen LogP contribution >= 0.6 is 0 Å². The van der Waals surface area contributed by atoms with Crippen molar-refractivity contribution in [3.8, 4) is 0 Å². The highest BCUT2D eigenvalue weighted by Crippen LogP contribution is 2.46. The Bertz CT molecular complexity index is 167. The summed E-state index contributed by atoms with van der Waals surface area (Å²) in [5, 5.41) is 0. The van der Waals surface area contributed by atoms with Gasteiger partial charge in [0.05, 0.1) is 0 Å². The summed E-state index contributed by atoms with van der Waals surface area (Å²) in [6.45, 7) is 7.00. The summed E-state index contributed by atoms with van der Waals surface area (Å²) >= 11 is 0. The van der Waals surface area contributed by atoms with Gasteiger partial charge in [-0.25, -0.2) is 0 Å². The van der Waals surface area contributed by atoms with Crippen LogP contribution in [0.1, 0.15) is 6.42 Å². The molecule has 1 heterocycles. The highest BCUT2D eigenvalue weighted by molar-refractivity contribution is 5.15. The fourth-order valence-electron chi connectivity index (χ4n) is 1.95. The highest BCUT2D eigenvalue weighted by atomic mass is 15.2. The summed E-state index contributed by atoms with van der Waals surface area (Å²) in [6.07, 6.45) is 3.20. The van der Waals surface area contributed by atoms with Crippen molar-refractivity contribution in [1.29, 1.82) is 0 Å². The molecule has 2 N–H and O–H groups in total. The zero-order valence-corrected chi connectivity index (χ0v) is 6.21. The van der Waals surface area contributed by atoms with Gasteiger partial charge in [0, 0.05) is 25.2 Å². The highest BCUT2D eigenvalue weighted by Gasteiger charge is 2.56. The molecule has 2 atom stereocenters. The Hall–Kier alpha value is -0.340. The Morgan fingerprint density at radius 2 is 2.60 bits per heavy atom. The van der Waals surface area contributed by atoms with Crippen molar-refractivity contribution < 1.29 is 0 Å². The van der Waals surface area contributed by atoms with E-state index in [-0.39, 0.29) is 5.54 Å². The average Bonchev–Trinajstić information content (AvgIpc) is 2.34. The number of hydrogen-bond donors (Lipinski definition) is 1. The monoisotopic (exact) mass is 138 g/mol. The van der Waals surface area contributed by atoms with Crippen LogP contribution in [0.5, 0.6) is 0 Å². The summed E-state index contributed by atoms with van der Waals surface area (Å²) in [5.41, 5.74) is 6.21. The third-order valence-corrected chi connectivity index (χ3v) is 2.66. The quantitative estimate of drug-likeness (QED) is 0.552. The molecule has 10 heavy (non-hydrogen) atoms. The number of rotatable bonds is 2. The van der Waals surface area contributed by atoms with E-state index < -0.39 is 0 Å². The zero-order chi connectivity index (χ0) is 7.19. The maximum atomic E-state index is 6.00. The molecule has 56 valence electrons.